The van der Waals surface area contributed by atoms with Crippen LogP contribution in [-0.4, -0.2) is 74.0 Å². The van der Waals surface area contributed by atoms with Crippen LogP contribution in [0.5, 0.6) is 0 Å². The third kappa shape index (κ3) is 4.42. The van der Waals surface area contributed by atoms with E-state index < -0.39 is 0 Å². The lowest BCUT2D eigenvalue weighted by molar-refractivity contribution is -0.135. The molecular weight excluding hydrogens is 402 g/mol. The van der Waals surface area contributed by atoms with Crippen molar-refractivity contribution in [1.82, 2.24) is 34.9 Å². The number of carbonyl (C=O) groups excluding carboxylic acids is 1. The summed E-state index contributed by atoms with van der Waals surface area (Å²) in [5, 5.41) is 12.2. The maximum absolute atomic E-state index is 13.1. The van der Waals surface area contributed by atoms with Gasteiger partial charge in [0.25, 0.3) is 0 Å². The van der Waals surface area contributed by atoms with Crippen molar-refractivity contribution in [2.24, 2.45) is 0 Å². The monoisotopic (exact) mass is 431 g/mol. The number of rotatable bonds is 5. The summed E-state index contributed by atoms with van der Waals surface area (Å²) in [5.74, 6) is 0.808. The lowest BCUT2D eigenvalue weighted by Gasteiger charge is -2.39. The van der Waals surface area contributed by atoms with Crippen molar-refractivity contribution >= 4 is 5.91 Å². The topological polar surface area (TPSA) is 70.4 Å². The summed E-state index contributed by atoms with van der Waals surface area (Å²) in [6.07, 6.45) is 1.03. The fourth-order valence-corrected chi connectivity index (χ4v) is 4.71. The van der Waals surface area contributed by atoms with Gasteiger partial charge in [0.05, 0.1) is 12.6 Å². The number of piperazine rings is 1. The van der Waals surface area contributed by atoms with Crippen molar-refractivity contribution in [3.05, 3.63) is 77.1 Å². The Morgan fingerprint density at radius 3 is 2.62 bits per heavy atom. The molecule has 0 N–H and O–H groups in total. The Kier molecular flexibility index (Phi) is 5.96. The molecule has 0 spiro atoms. The van der Waals surface area contributed by atoms with E-state index >= 15 is 0 Å². The Hall–Kier alpha value is -3.10. The molecule has 1 saturated heterocycles. The van der Waals surface area contributed by atoms with E-state index in [0.29, 0.717) is 13.1 Å². The predicted molar refractivity (Wildman–Crippen MR) is 120 cm³/mol. The maximum Gasteiger partial charge on any atom is 0.244 e. The molecule has 0 radical (unpaired) electrons. The van der Waals surface area contributed by atoms with Gasteiger partial charge in [-0.25, -0.2) is 4.68 Å². The van der Waals surface area contributed by atoms with Crippen molar-refractivity contribution in [2.75, 3.05) is 33.2 Å². The van der Waals surface area contributed by atoms with Gasteiger partial charge in [-0.15, -0.1) is 5.10 Å². The van der Waals surface area contributed by atoms with E-state index in [-0.39, 0.29) is 18.5 Å². The van der Waals surface area contributed by atoms with Gasteiger partial charge >= 0.3 is 0 Å². The van der Waals surface area contributed by atoms with Crippen molar-refractivity contribution in [2.45, 2.75) is 32.1 Å². The first-order chi connectivity index (χ1) is 15.7. The molecular formula is C24H29N7O. The highest BCUT2D eigenvalue weighted by Gasteiger charge is 2.29. The molecule has 0 saturated carbocycles. The summed E-state index contributed by atoms with van der Waals surface area (Å²) in [7, 11) is 2.12. The lowest BCUT2D eigenvalue weighted by Crippen LogP contribution is -2.50. The molecule has 8 heteroatoms. The van der Waals surface area contributed by atoms with E-state index in [1.807, 2.05) is 11.0 Å². The highest BCUT2D eigenvalue weighted by atomic mass is 16.2. The third-order valence-electron chi connectivity index (χ3n) is 6.65. The second-order valence-corrected chi connectivity index (χ2v) is 8.73. The van der Waals surface area contributed by atoms with E-state index in [1.165, 1.54) is 16.7 Å². The maximum atomic E-state index is 13.1. The normalized spacial score (nSPS) is 19.7. The number of benzene rings is 2. The zero-order valence-electron chi connectivity index (χ0n) is 18.5. The first kappa shape index (κ1) is 20.8. The standard InChI is InChI=1S/C24H29N7O/c1-28-13-14-30(16-22(28)20-8-3-2-4-9-20)24(32)18-31-23(25-26-27-31)17-29-12-11-19-7-5-6-10-21(19)15-29/h2-10,22H,11-18H2,1H3. The summed E-state index contributed by atoms with van der Waals surface area (Å²) >= 11 is 0. The molecule has 1 aromatic heterocycles. The number of aromatic nitrogens is 4. The number of likely N-dealkylation sites (N-methyl/N-ethyl adjacent to an activating group) is 1. The van der Waals surface area contributed by atoms with Crippen LogP contribution in [-0.2, 0) is 30.8 Å². The van der Waals surface area contributed by atoms with Gasteiger partial charge in [-0.05, 0) is 40.6 Å². The van der Waals surface area contributed by atoms with Gasteiger partial charge in [-0.3, -0.25) is 14.6 Å². The summed E-state index contributed by atoms with van der Waals surface area (Å²) in [6, 6.07) is 19.2. The number of nitrogens with zero attached hydrogens (tertiary/aromatic N) is 7. The Balaban J connectivity index is 1.23. The molecule has 2 aliphatic rings. The number of amides is 1. The molecule has 32 heavy (non-hydrogen) atoms. The quantitative estimate of drug-likeness (QED) is 0.613. The lowest BCUT2D eigenvalue weighted by atomic mass is 10.00. The molecule has 3 aromatic rings. The number of hydrogen-bond donors (Lipinski definition) is 0. The smallest absolute Gasteiger partial charge is 0.244 e. The summed E-state index contributed by atoms with van der Waals surface area (Å²) < 4.78 is 1.67. The van der Waals surface area contributed by atoms with Gasteiger partial charge in [-0.2, -0.15) is 0 Å². The van der Waals surface area contributed by atoms with E-state index in [1.54, 1.807) is 4.68 Å². The molecule has 166 valence electrons. The van der Waals surface area contributed by atoms with Crippen LogP contribution >= 0.6 is 0 Å². The molecule has 1 fully saturated rings. The molecule has 1 unspecified atom stereocenters. The number of carbonyl (C=O) groups is 1. The van der Waals surface area contributed by atoms with Gasteiger partial charge in [0.1, 0.15) is 6.54 Å². The van der Waals surface area contributed by atoms with E-state index in [0.717, 1.165) is 38.4 Å². The molecule has 1 amide bonds. The molecule has 3 heterocycles. The first-order valence-electron chi connectivity index (χ1n) is 11.2. The van der Waals surface area contributed by atoms with E-state index in [2.05, 4.69) is 80.9 Å². The second kappa shape index (κ2) is 9.18. The highest BCUT2D eigenvalue weighted by Crippen LogP contribution is 2.24. The van der Waals surface area contributed by atoms with Crippen LogP contribution in [0, 0.1) is 0 Å². The van der Waals surface area contributed by atoms with Gasteiger partial charge in [0.2, 0.25) is 5.91 Å². The van der Waals surface area contributed by atoms with Crippen molar-refractivity contribution in [1.29, 1.82) is 0 Å². The Bertz CT molecular complexity index is 1070. The largest absolute Gasteiger partial charge is 0.338 e. The van der Waals surface area contributed by atoms with Crippen LogP contribution in [0.15, 0.2) is 54.6 Å². The van der Waals surface area contributed by atoms with Gasteiger partial charge in [0.15, 0.2) is 5.82 Å². The van der Waals surface area contributed by atoms with Crippen LogP contribution in [0.1, 0.15) is 28.6 Å². The van der Waals surface area contributed by atoms with E-state index in [9.17, 15) is 4.79 Å². The number of hydrogen-bond acceptors (Lipinski definition) is 6. The first-order valence-corrected chi connectivity index (χ1v) is 11.2. The van der Waals surface area contributed by atoms with Crippen molar-refractivity contribution in [3.8, 4) is 0 Å². The molecule has 2 aromatic carbocycles. The van der Waals surface area contributed by atoms with Crippen molar-refractivity contribution in [3.63, 3.8) is 0 Å². The Morgan fingerprint density at radius 1 is 1.00 bits per heavy atom. The van der Waals surface area contributed by atoms with Crippen LogP contribution < -0.4 is 0 Å². The van der Waals surface area contributed by atoms with Crippen LogP contribution in [0.2, 0.25) is 0 Å². The fraction of sp³-hybridized carbons (Fsp3) is 0.417. The van der Waals surface area contributed by atoms with Gasteiger partial charge in [-0.1, -0.05) is 54.6 Å². The minimum Gasteiger partial charge on any atom is -0.338 e. The van der Waals surface area contributed by atoms with Gasteiger partial charge < -0.3 is 4.90 Å². The van der Waals surface area contributed by atoms with E-state index in [4.69, 9.17) is 0 Å². The SMILES string of the molecule is CN1CCN(C(=O)Cn2nnnc2CN2CCc3ccccc3C2)CC1c1ccccc1. The second-order valence-electron chi connectivity index (χ2n) is 8.73. The molecule has 2 aliphatic heterocycles. The Morgan fingerprint density at radius 2 is 1.78 bits per heavy atom. The average molecular weight is 432 g/mol. The fourth-order valence-electron chi connectivity index (χ4n) is 4.71. The Labute approximate surface area is 188 Å². The van der Waals surface area contributed by atoms with Crippen LogP contribution in [0.3, 0.4) is 0 Å². The average Bonchev–Trinajstić information content (AvgIpc) is 3.26. The number of fused-ring (bicyclic) bond motifs is 1. The summed E-state index contributed by atoms with van der Waals surface area (Å²) in [4.78, 5) is 19.7. The molecule has 8 nitrogen and oxygen atoms in total. The molecule has 0 aliphatic carbocycles. The molecule has 5 rings (SSSR count). The minimum atomic E-state index is 0.0663. The zero-order chi connectivity index (χ0) is 21.9. The van der Waals surface area contributed by atoms with Crippen LogP contribution in [0.25, 0.3) is 0 Å². The summed E-state index contributed by atoms with van der Waals surface area (Å²) in [6.45, 7) is 4.92. The number of tetrazole rings is 1. The predicted octanol–water partition coefficient (Wildman–Crippen LogP) is 1.75. The van der Waals surface area contributed by atoms with Crippen molar-refractivity contribution < 1.29 is 4.79 Å². The minimum absolute atomic E-state index is 0.0663. The van der Waals surface area contributed by atoms with Crippen LogP contribution in [0.4, 0.5) is 0 Å². The zero-order valence-corrected chi connectivity index (χ0v) is 18.5. The third-order valence-corrected chi connectivity index (χ3v) is 6.65. The summed E-state index contributed by atoms with van der Waals surface area (Å²) in [5.41, 5.74) is 4.01. The molecule has 0 bridgehead atoms. The highest BCUT2D eigenvalue weighted by molar-refractivity contribution is 5.76. The van der Waals surface area contributed by atoms with Gasteiger partial charge in [0, 0.05) is 32.7 Å². The molecule has 1 atom stereocenters.